The van der Waals surface area contributed by atoms with Gasteiger partial charge in [-0.1, -0.05) is 6.07 Å². The van der Waals surface area contributed by atoms with E-state index in [0.29, 0.717) is 18.1 Å². The minimum atomic E-state index is 0.648. The molecular formula is C15H19N3. The van der Waals surface area contributed by atoms with Crippen molar-refractivity contribution in [2.75, 3.05) is 11.9 Å². The second-order valence-corrected chi connectivity index (χ2v) is 5.41. The van der Waals surface area contributed by atoms with Gasteiger partial charge in [-0.15, -0.1) is 0 Å². The number of hydrogen-bond acceptors (Lipinski definition) is 3. The third-order valence-corrected chi connectivity index (χ3v) is 4.41. The molecular weight excluding hydrogens is 222 g/mol. The number of nitriles is 1. The molecule has 0 aliphatic carbocycles. The van der Waals surface area contributed by atoms with Crippen LogP contribution < -0.4 is 10.2 Å². The molecule has 0 radical (unpaired) electrons. The normalized spacial score (nSPS) is 30.2. The summed E-state index contributed by atoms with van der Waals surface area (Å²) in [6.45, 7) is 0. The van der Waals surface area contributed by atoms with Gasteiger partial charge in [-0.3, -0.25) is 0 Å². The molecule has 1 aromatic rings. The predicted octanol–water partition coefficient (Wildman–Crippen LogP) is 2.28. The van der Waals surface area contributed by atoms with E-state index in [-0.39, 0.29) is 0 Å². The van der Waals surface area contributed by atoms with E-state index >= 15 is 0 Å². The fourth-order valence-corrected chi connectivity index (χ4v) is 3.57. The number of piperidine rings is 1. The molecule has 2 heterocycles. The van der Waals surface area contributed by atoms with E-state index in [2.05, 4.69) is 29.4 Å². The zero-order valence-electron chi connectivity index (χ0n) is 10.8. The lowest BCUT2D eigenvalue weighted by Gasteiger charge is -2.40. The monoisotopic (exact) mass is 241 g/mol. The Morgan fingerprint density at radius 3 is 2.61 bits per heavy atom. The first-order valence-corrected chi connectivity index (χ1v) is 6.77. The van der Waals surface area contributed by atoms with E-state index < -0.39 is 0 Å². The molecule has 3 nitrogen and oxygen atoms in total. The van der Waals surface area contributed by atoms with Gasteiger partial charge in [-0.25, -0.2) is 0 Å². The second-order valence-electron chi connectivity index (χ2n) is 5.41. The van der Waals surface area contributed by atoms with Crippen LogP contribution in [0.2, 0.25) is 0 Å². The van der Waals surface area contributed by atoms with Crippen LogP contribution in [-0.2, 0) is 0 Å². The number of anilines is 1. The van der Waals surface area contributed by atoms with Crippen molar-refractivity contribution in [1.82, 2.24) is 5.32 Å². The summed E-state index contributed by atoms with van der Waals surface area (Å²) in [5.41, 5.74) is 2.00. The Balaban J connectivity index is 1.87. The number of nitrogens with zero attached hydrogens (tertiary/aromatic N) is 2. The fraction of sp³-hybridized carbons (Fsp3) is 0.533. The maximum Gasteiger partial charge on any atom is 0.0992 e. The predicted molar refractivity (Wildman–Crippen MR) is 72.5 cm³/mol. The van der Waals surface area contributed by atoms with Crippen LogP contribution in [0.3, 0.4) is 0 Å². The van der Waals surface area contributed by atoms with Crippen LogP contribution in [0.15, 0.2) is 24.3 Å². The highest BCUT2D eigenvalue weighted by Crippen LogP contribution is 2.39. The van der Waals surface area contributed by atoms with Gasteiger partial charge >= 0.3 is 0 Å². The van der Waals surface area contributed by atoms with Crippen LogP contribution in [0.4, 0.5) is 5.69 Å². The van der Waals surface area contributed by atoms with Crippen molar-refractivity contribution in [3.8, 4) is 6.07 Å². The zero-order chi connectivity index (χ0) is 12.5. The summed E-state index contributed by atoms with van der Waals surface area (Å²) in [6, 6.07) is 12.3. The van der Waals surface area contributed by atoms with E-state index in [4.69, 9.17) is 5.26 Å². The van der Waals surface area contributed by atoms with E-state index in [9.17, 15) is 0 Å². The highest BCUT2D eigenvalue weighted by molar-refractivity contribution is 5.54. The summed E-state index contributed by atoms with van der Waals surface area (Å²) < 4.78 is 0. The Morgan fingerprint density at radius 1 is 1.28 bits per heavy atom. The number of nitrogens with one attached hydrogen (secondary N) is 1. The highest BCUT2D eigenvalue weighted by atomic mass is 15.2. The lowest BCUT2D eigenvalue weighted by Crippen LogP contribution is -2.48. The number of rotatable bonds is 2. The fourth-order valence-electron chi connectivity index (χ4n) is 3.57. The molecule has 18 heavy (non-hydrogen) atoms. The molecule has 2 aliphatic heterocycles. The topological polar surface area (TPSA) is 39.1 Å². The summed E-state index contributed by atoms with van der Waals surface area (Å²) in [6.07, 6.45) is 5.03. The van der Waals surface area contributed by atoms with Gasteiger partial charge in [0.25, 0.3) is 0 Å². The van der Waals surface area contributed by atoms with Crippen LogP contribution in [0.1, 0.15) is 31.2 Å². The molecule has 94 valence electrons. The summed E-state index contributed by atoms with van der Waals surface area (Å²) in [5, 5.41) is 12.4. The second kappa shape index (κ2) is 4.62. The van der Waals surface area contributed by atoms with Gasteiger partial charge in [-0.2, -0.15) is 5.26 Å². The van der Waals surface area contributed by atoms with E-state index in [1.807, 2.05) is 18.2 Å². The maximum atomic E-state index is 9.01. The Bertz CT molecular complexity index is 463. The molecule has 2 unspecified atom stereocenters. The van der Waals surface area contributed by atoms with Crippen molar-refractivity contribution in [3.63, 3.8) is 0 Å². The lowest BCUT2D eigenvalue weighted by atomic mass is 9.96. The van der Waals surface area contributed by atoms with Gasteiger partial charge in [0, 0.05) is 23.8 Å². The lowest BCUT2D eigenvalue weighted by molar-refractivity contribution is 0.374. The van der Waals surface area contributed by atoms with Crippen molar-refractivity contribution in [2.45, 2.75) is 43.8 Å². The van der Waals surface area contributed by atoms with E-state index in [0.717, 1.165) is 5.56 Å². The SMILES string of the molecule is CNC1CC2CCC(C1)N2c1cccc(C#N)c1. The molecule has 3 rings (SSSR count). The molecule has 0 spiro atoms. The summed E-state index contributed by atoms with van der Waals surface area (Å²) >= 11 is 0. The van der Waals surface area contributed by atoms with Crippen molar-refractivity contribution >= 4 is 5.69 Å². The van der Waals surface area contributed by atoms with Crippen molar-refractivity contribution < 1.29 is 0 Å². The molecule has 3 heteroatoms. The van der Waals surface area contributed by atoms with Crippen LogP contribution >= 0.6 is 0 Å². The summed E-state index contributed by atoms with van der Waals surface area (Å²) in [7, 11) is 2.07. The molecule has 2 saturated heterocycles. The van der Waals surface area contributed by atoms with Gasteiger partial charge < -0.3 is 10.2 Å². The van der Waals surface area contributed by atoms with Crippen LogP contribution in [0, 0.1) is 11.3 Å². The van der Waals surface area contributed by atoms with Gasteiger partial charge in [0.1, 0.15) is 0 Å². The molecule has 1 aromatic carbocycles. The number of benzene rings is 1. The number of fused-ring (bicyclic) bond motifs is 2. The summed E-state index contributed by atoms with van der Waals surface area (Å²) in [5.74, 6) is 0. The smallest absolute Gasteiger partial charge is 0.0992 e. The Hall–Kier alpha value is -1.53. The molecule has 2 atom stereocenters. The summed E-state index contributed by atoms with van der Waals surface area (Å²) in [4.78, 5) is 2.55. The quantitative estimate of drug-likeness (QED) is 0.863. The highest BCUT2D eigenvalue weighted by Gasteiger charge is 2.40. The standard InChI is InChI=1S/C15H19N3/c1-17-12-8-14-5-6-15(9-12)18(14)13-4-2-3-11(7-13)10-16/h2-4,7,12,14-15,17H,5-6,8-9H2,1H3. The Kier molecular flexibility index (Phi) is 2.97. The number of hydrogen-bond donors (Lipinski definition) is 1. The maximum absolute atomic E-state index is 9.01. The molecule has 2 fully saturated rings. The minimum Gasteiger partial charge on any atom is -0.365 e. The van der Waals surface area contributed by atoms with Crippen LogP contribution in [-0.4, -0.2) is 25.2 Å². The first-order chi connectivity index (χ1) is 8.81. The van der Waals surface area contributed by atoms with Crippen molar-refractivity contribution in [2.24, 2.45) is 0 Å². The first kappa shape index (κ1) is 11.6. The van der Waals surface area contributed by atoms with E-state index in [1.54, 1.807) is 0 Å². The van der Waals surface area contributed by atoms with Gasteiger partial charge in [-0.05, 0) is 50.9 Å². The van der Waals surface area contributed by atoms with Crippen molar-refractivity contribution in [3.05, 3.63) is 29.8 Å². The first-order valence-electron chi connectivity index (χ1n) is 6.77. The van der Waals surface area contributed by atoms with Crippen LogP contribution in [0.5, 0.6) is 0 Å². The molecule has 0 amide bonds. The van der Waals surface area contributed by atoms with Gasteiger partial charge in [0.05, 0.1) is 11.6 Å². The molecule has 2 aliphatic rings. The van der Waals surface area contributed by atoms with Gasteiger partial charge in [0.15, 0.2) is 0 Å². The Morgan fingerprint density at radius 2 is 2.00 bits per heavy atom. The Labute approximate surface area is 108 Å². The average Bonchev–Trinajstić information content (AvgIpc) is 2.69. The third-order valence-electron chi connectivity index (χ3n) is 4.41. The van der Waals surface area contributed by atoms with E-state index in [1.165, 1.54) is 31.4 Å². The molecule has 0 aromatic heterocycles. The minimum absolute atomic E-state index is 0.648. The molecule has 2 bridgehead atoms. The van der Waals surface area contributed by atoms with Crippen LogP contribution in [0.25, 0.3) is 0 Å². The third kappa shape index (κ3) is 1.87. The largest absolute Gasteiger partial charge is 0.365 e. The molecule has 1 N–H and O–H groups in total. The van der Waals surface area contributed by atoms with Gasteiger partial charge in [0.2, 0.25) is 0 Å². The zero-order valence-corrected chi connectivity index (χ0v) is 10.8. The van der Waals surface area contributed by atoms with Crippen molar-refractivity contribution in [1.29, 1.82) is 5.26 Å². The molecule has 0 saturated carbocycles. The average molecular weight is 241 g/mol.